The van der Waals surface area contributed by atoms with E-state index in [9.17, 15) is 14.4 Å². The van der Waals surface area contributed by atoms with Crippen molar-refractivity contribution in [2.45, 2.75) is 12.5 Å². The first kappa shape index (κ1) is 26.1. The Balaban J connectivity index is 1.39. The summed E-state index contributed by atoms with van der Waals surface area (Å²) in [4.78, 5) is 12.7. The van der Waals surface area contributed by atoms with Gasteiger partial charge in [0, 0.05) is 22.2 Å². The van der Waals surface area contributed by atoms with Crippen molar-refractivity contribution in [3.8, 4) is 23.3 Å². The number of carbonyl (C=O) groups is 1. The number of benzene rings is 4. The maximum Gasteiger partial charge on any atom is 0.345 e. The highest BCUT2D eigenvalue weighted by Gasteiger charge is 2.31. The van der Waals surface area contributed by atoms with Gasteiger partial charge in [0.15, 0.2) is 0 Å². The molecule has 194 valence electrons. The van der Waals surface area contributed by atoms with Crippen LogP contribution in [0.25, 0.3) is 0 Å². The first-order valence-electron chi connectivity index (χ1n) is 11.7. The Morgan fingerprint density at radius 3 is 2.46 bits per heavy atom. The maximum atomic E-state index is 13.9. The number of fused-ring (bicyclic) bond motifs is 1. The molecule has 5 rings (SSSR count). The topological polar surface area (TPSA) is 94.6 Å². The fraction of sp³-hybridized carbons (Fsp3) is 0.0667. The highest BCUT2D eigenvalue weighted by Crippen LogP contribution is 2.43. The number of nitriles is 1. The van der Waals surface area contributed by atoms with Crippen molar-refractivity contribution in [1.82, 2.24) is 0 Å². The second-order valence-corrected chi connectivity index (χ2v) is 9.43. The van der Waals surface area contributed by atoms with Gasteiger partial charge < -0.3 is 19.9 Å². The van der Waals surface area contributed by atoms with Crippen molar-refractivity contribution in [2.24, 2.45) is 5.73 Å². The van der Waals surface area contributed by atoms with Crippen LogP contribution in [0.3, 0.4) is 0 Å². The molecule has 0 bridgehead atoms. The standard InChI is InChI=1S/C30H19Cl2FN2O4/c31-19-7-11-22(25(32)13-19)30(36)38-21-10-12-23-27(14-21)39-29(35)24(15-34)28(23)17-5-8-20(9-6-17)37-16-18-3-1-2-4-26(18)33/h1-14,28H,16,35H2. The molecule has 9 heteroatoms. The maximum absolute atomic E-state index is 13.9. The summed E-state index contributed by atoms with van der Waals surface area (Å²) >= 11 is 12.0. The fourth-order valence-electron chi connectivity index (χ4n) is 4.19. The van der Waals surface area contributed by atoms with Crippen LogP contribution < -0.4 is 19.9 Å². The van der Waals surface area contributed by atoms with E-state index in [1.165, 1.54) is 30.3 Å². The lowest BCUT2D eigenvalue weighted by Crippen LogP contribution is -2.21. The average molecular weight is 561 g/mol. The molecule has 0 radical (unpaired) electrons. The minimum absolute atomic E-state index is 0.0564. The number of halogens is 3. The highest BCUT2D eigenvalue weighted by molar-refractivity contribution is 6.36. The van der Waals surface area contributed by atoms with Crippen LogP contribution in [0.5, 0.6) is 17.2 Å². The first-order valence-corrected chi connectivity index (χ1v) is 12.4. The van der Waals surface area contributed by atoms with E-state index < -0.39 is 11.9 Å². The van der Waals surface area contributed by atoms with E-state index in [-0.39, 0.29) is 40.2 Å². The second kappa shape index (κ2) is 11.1. The third kappa shape index (κ3) is 5.53. The molecule has 39 heavy (non-hydrogen) atoms. The van der Waals surface area contributed by atoms with Crippen molar-refractivity contribution in [1.29, 1.82) is 5.26 Å². The van der Waals surface area contributed by atoms with Gasteiger partial charge in [0.25, 0.3) is 0 Å². The number of nitrogens with two attached hydrogens (primary N) is 1. The largest absolute Gasteiger partial charge is 0.489 e. The van der Waals surface area contributed by atoms with E-state index in [1.807, 2.05) is 0 Å². The molecule has 0 saturated carbocycles. The summed E-state index contributed by atoms with van der Waals surface area (Å²) < 4.78 is 30.8. The van der Waals surface area contributed by atoms with Gasteiger partial charge in [0.1, 0.15) is 41.3 Å². The molecule has 2 N–H and O–H groups in total. The lowest BCUT2D eigenvalue weighted by molar-refractivity contribution is 0.0734. The number of nitrogens with zero attached hydrogens (tertiary/aromatic N) is 1. The molecule has 1 heterocycles. The minimum atomic E-state index is -0.670. The molecule has 4 aromatic carbocycles. The molecule has 1 aliphatic heterocycles. The first-order chi connectivity index (χ1) is 18.8. The molecule has 0 aromatic heterocycles. The van der Waals surface area contributed by atoms with Crippen molar-refractivity contribution in [3.63, 3.8) is 0 Å². The van der Waals surface area contributed by atoms with Crippen LogP contribution in [0.15, 0.2) is 96.4 Å². The zero-order valence-electron chi connectivity index (χ0n) is 20.2. The molecule has 0 fully saturated rings. The van der Waals surface area contributed by atoms with Crippen molar-refractivity contribution in [3.05, 3.63) is 135 Å². The number of rotatable bonds is 6. The van der Waals surface area contributed by atoms with Gasteiger partial charge in [-0.3, -0.25) is 0 Å². The minimum Gasteiger partial charge on any atom is -0.489 e. The number of hydrogen-bond donors (Lipinski definition) is 1. The van der Waals surface area contributed by atoms with Crippen LogP contribution in [0.1, 0.15) is 33.0 Å². The molecule has 0 aliphatic carbocycles. The average Bonchev–Trinajstić information content (AvgIpc) is 2.92. The van der Waals surface area contributed by atoms with Crippen LogP contribution in [0.4, 0.5) is 4.39 Å². The molecule has 1 unspecified atom stereocenters. The molecule has 0 spiro atoms. The summed E-state index contributed by atoms with van der Waals surface area (Å²) in [5, 5.41) is 10.4. The Bertz CT molecular complexity index is 1650. The molecule has 0 amide bonds. The Hall–Kier alpha value is -4.51. The monoisotopic (exact) mass is 560 g/mol. The smallest absolute Gasteiger partial charge is 0.345 e. The van der Waals surface area contributed by atoms with Gasteiger partial charge in [-0.05, 0) is 48.0 Å². The lowest BCUT2D eigenvalue weighted by atomic mass is 9.83. The number of hydrogen-bond acceptors (Lipinski definition) is 6. The molecule has 6 nitrogen and oxygen atoms in total. The summed E-state index contributed by atoms with van der Waals surface area (Å²) in [7, 11) is 0. The number of allylic oxidation sites excluding steroid dienone is 1. The Morgan fingerprint density at radius 2 is 1.74 bits per heavy atom. The van der Waals surface area contributed by atoms with Gasteiger partial charge in [-0.25, -0.2) is 9.18 Å². The fourth-order valence-corrected chi connectivity index (χ4v) is 4.68. The molecule has 0 saturated heterocycles. The predicted molar refractivity (Wildman–Crippen MR) is 144 cm³/mol. The van der Waals surface area contributed by atoms with E-state index >= 15 is 0 Å². The Kier molecular flexibility index (Phi) is 7.42. The van der Waals surface area contributed by atoms with E-state index in [2.05, 4.69) is 6.07 Å². The molecule has 1 atom stereocenters. The molecular weight excluding hydrogens is 542 g/mol. The van der Waals surface area contributed by atoms with Crippen LogP contribution in [-0.2, 0) is 6.61 Å². The Morgan fingerprint density at radius 1 is 1.00 bits per heavy atom. The third-order valence-electron chi connectivity index (χ3n) is 6.12. The van der Waals surface area contributed by atoms with Crippen molar-refractivity contribution < 1.29 is 23.4 Å². The molecule has 4 aromatic rings. The number of carbonyl (C=O) groups excluding carboxylic acids is 1. The lowest BCUT2D eigenvalue weighted by Gasteiger charge is -2.27. The van der Waals surface area contributed by atoms with Gasteiger partial charge in [-0.15, -0.1) is 0 Å². The van der Waals surface area contributed by atoms with E-state index in [4.69, 9.17) is 43.1 Å². The summed E-state index contributed by atoms with van der Waals surface area (Å²) in [6.45, 7) is 0.0746. The van der Waals surface area contributed by atoms with Crippen LogP contribution in [-0.4, -0.2) is 5.97 Å². The van der Waals surface area contributed by atoms with E-state index in [0.717, 1.165) is 5.56 Å². The second-order valence-electron chi connectivity index (χ2n) is 8.59. The van der Waals surface area contributed by atoms with Gasteiger partial charge >= 0.3 is 5.97 Å². The van der Waals surface area contributed by atoms with Gasteiger partial charge in [0.2, 0.25) is 5.88 Å². The van der Waals surface area contributed by atoms with Crippen LogP contribution in [0.2, 0.25) is 10.0 Å². The van der Waals surface area contributed by atoms with Gasteiger partial charge in [0.05, 0.1) is 16.5 Å². The van der Waals surface area contributed by atoms with E-state index in [0.29, 0.717) is 27.6 Å². The zero-order valence-corrected chi connectivity index (χ0v) is 21.7. The quantitative estimate of drug-likeness (QED) is 0.199. The zero-order chi connectivity index (χ0) is 27.5. The van der Waals surface area contributed by atoms with Crippen LogP contribution in [0, 0.1) is 17.1 Å². The Labute approximate surface area is 233 Å². The van der Waals surface area contributed by atoms with E-state index in [1.54, 1.807) is 54.6 Å². The van der Waals surface area contributed by atoms with Gasteiger partial charge in [-0.1, -0.05) is 59.6 Å². The normalized spacial score (nSPS) is 14.2. The molecule has 1 aliphatic rings. The summed E-state index contributed by atoms with van der Waals surface area (Å²) in [5.74, 6) is -0.524. The SMILES string of the molecule is N#CC1=C(N)Oc2cc(OC(=O)c3ccc(Cl)cc3Cl)ccc2C1c1ccc(OCc2ccccc2F)cc1. The van der Waals surface area contributed by atoms with Crippen molar-refractivity contribution in [2.75, 3.05) is 0 Å². The van der Waals surface area contributed by atoms with Gasteiger partial charge in [-0.2, -0.15) is 5.26 Å². The summed E-state index contributed by atoms with van der Waals surface area (Å²) in [6, 6.07) is 24.9. The number of ether oxygens (including phenoxy) is 3. The van der Waals surface area contributed by atoms with Crippen molar-refractivity contribution >= 4 is 29.2 Å². The third-order valence-corrected chi connectivity index (χ3v) is 6.67. The molecular formula is C30H19Cl2FN2O4. The summed E-state index contributed by atoms with van der Waals surface area (Å²) in [6.07, 6.45) is 0. The van der Waals surface area contributed by atoms with Crippen LogP contribution >= 0.6 is 23.2 Å². The summed E-state index contributed by atoms with van der Waals surface area (Å²) in [5.41, 5.74) is 8.35. The highest BCUT2D eigenvalue weighted by atomic mass is 35.5. The number of esters is 1. The predicted octanol–water partition coefficient (Wildman–Crippen LogP) is 7.15.